The Labute approximate surface area is 100 Å². The normalized spacial score (nSPS) is 9.31. The molecule has 16 heavy (non-hydrogen) atoms. The number of benzene rings is 1. The van der Waals surface area contributed by atoms with Gasteiger partial charge in [0, 0.05) is 6.42 Å². The Kier molecular flexibility index (Phi) is 5.28. The SMILES string of the molecule is CCCC(=O)NC(=S)NNc1ccccc1. The molecule has 0 aliphatic rings. The minimum atomic E-state index is -0.0742. The molecule has 0 heterocycles. The zero-order valence-electron chi connectivity index (χ0n) is 9.12. The molecule has 1 aromatic carbocycles. The second kappa shape index (κ2) is 6.79. The molecule has 1 aromatic rings. The van der Waals surface area contributed by atoms with E-state index >= 15 is 0 Å². The van der Waals surface area contributed by atoms with E-state index in [2.05, 4.69) is 16.2 Å². The number of amides is 1. The fourth-order valence-corrected chi connectivity index (χ4v) is 1.26. The van der Waals surface area contributed by atoms with Crippen LogP contribution in [0.15, 0.2) is 30.3 Å². The van der Waals surface area contributed by atoms with Gasteiger partial charge in [-0.2, -0.15) is 0 Å². The molecule has 1 amide bonds. The van der Waals surface area contributed by atoms with Crippen molar-refractivity contribution in [2.45, 2.75) is 19.8 Å². The number of hydrogen-bond acceptors (Lipinski definition) is 3. The van der Waals surface area contributed by atoms with E-state index < -0.39 is 0 Å². The molecule has 3 N–H and O–H groups in total. The Morgan fingerprint density at radius 3 is 2.62 bits per heavy atom. The zero-order valence-corrected chi connectivity index (χ0v) is 9.93. The van der Waals surface area contributed by atoms with Crippen molar-refractivity contribution in [2.75, 3.05) is 5.43 Å². The molecule has 0 unspecified atom stereocenters. The molecule has 0 saturated heterocycles. The topological polar surface area (TPSA) is 53.2 Å². The predicted octanol–water partition coefficient (Wildman–Crippen LogP) is 1.80. The molecule has 4 nitrogen and oxygen atoms in total. The molecule has 0 spiro atoms. The van der Waals surface area contributed by atoms with Crippen LogP contribution in [0.5, 0.6) is 0 Å². The van der Waals surface area contributed by atoms with Crippen LogP contribution < -0.4 is 16.2 Å². The molecule has 86 valence electrons. The number of hydrogen-bond donors (Lipinski definition) is 3. The van der Waals surface area contributed by atoms with Crippen LogP contribution in [0.4, 0.5) is 5.69 Å². The quantitative estimate of drug-likeness (QED) is 0.552. The average molecular weight is 237 g/mol. The van der Waals surface area contributed by atoms with Gasteiger partial charge >= 0.3 is 0 Å². The molecule has 0 aromatic heterocycles. The maximum Gasteiger partial charge on any atom is 0.226 e. The lowest BCUT2D eigenvalue weighted by Gasteiger charge is -2.11. The number of carbonyl (C=O) groups excluding carboxylic acids is 1. The smallest absolute Gasteiger partial charge is 0.226 e. The van der Waals surface area contributed by atoms with Crippen molar-refractivity contribution in [1.82, 2.24) is 10.7 Å². The number of rotatable bonds is 4. The monoisotopic (exact) mass is 237 g/mol. The van der Waals surface area contributed by atoms with Gasteiger partial charge < -0.3 is 5.32 Å². The van der Waals surface area contributed by atoms with E-state index in [1.807, 2.05) is 37.3 Å². The van der Waals surface area contributed by atoms with E-state index in [1.54, 1.807) is 0 Å². The number of para-hydroxylation sites is 1. The van der Waals surface area contributed by atoms with Crippen molar-refractivity contribution < 1.29 is 4.79 Å². The first-order valence-electron chi connectivity index (χ1n) is 5.13. The summed E-state index contributed by atoms with van der Waals surface area (Å²) in [7, 11) is 0. The van der Waals surface area contributed by atoms with Crippen molar-refractivity contribution in [2.24, 2.45) is 0 Å². The highest BCUT2D eigenvalue weighted by atomic mass is 32.1. The van der Waals surface area contributed by atoms with E-state index in [4.69, 9.17) is 12.2 Å². The van der Waals surface area contributed by atoms with Gasteiger partial charge in [0.25, 0.3) is 0 Å². The molecule has 5 heteroatoms. The highest BCUT2D eigenvalue weighted by Crippen LogP contribution is 2.02. The summed E-state index contributed by atoms with van der Waals surface area (Å²) in [5.74, 6) is -0.0742. The third-order valence-corrected chi connectivity index (χ3v) is 2.03. The van der Waals surface area contributed by atoms with Gasteiger partial charge in [0.05, 0.1) is 5.69 Å². The first kappa shape index (κ1) is 12.4. The highest BCUT2D eigenvalue weighted by molar-refractivity contribution is 7.80. The van der Waals surface area contributed by atoms with Gasteiger partial charge in [0.1, 0.15) is 0 Å². The van der Waals surface area contributed by atoms with E-state index in [9.17, 15) is 4.79 Å². The summed E-state index contributed by atoms with van der Waals surface area (Å²) in [6.07, 6.45) is 1.29. The summed E-state index contributed by atoms with van der Waals surface area (Å²) in [4.78, 5) is 11.2. The lowest BCUT2D eigenvalue weighted by atomic mass is 10.3. The lowest BCUT2D eigenvalue weighted by molar-refractivity contribution is -0.119. The Morgan fingerprint density at radius 1 is 1.31 bits per heavy atom. The van der Waals surface area contributed by atoms with E-state index in [-0.39, 0.29) is 11.0 Å². The van der Waals surface area contributed by atoms with Gasteiger partial charge in [-0.25, -0.2) is 0 Å². The summed E-state index contributed by atoms with van der Waals surface area (Å²) in [6.45, 7) is 1.94. The van der Waals surface area contributed by atoms with Crippen LogP contribution in [0.3, 0.4) is 0 Å². The lowest BCUT2D eigenvalue weighted by Crippen LogP contribution is -2.41. The maximum atomic E-state index is 11.2. The standard InChI is InChI=1S/C11H15N3OS/c1-2-6-10(15)12-11(16)14-13-9-7-4-3-5-8-9/h3-5,7-8,13H,2,6H2,1H3,(H2,12,14,15,16). The number of anilines is 1. The average Bonchev–Trinajstić information content (AvgIpc) is 2.28. The fraction of sp³-hybridized carbons (Fsp3) is 0.273. The first-order valence-corrected chi connectivity index (χ1v) is 5.54. The molecule has 0 atom stereocenters. The zero-order chi connectivity index (χ0) is 11.8. The van der Waals surface area contributed by atoms with Crippen molar-refractivity contribution in [3.05, 3.63) is 30.3 Å². The van der Waals surface area contributed by atoms with Crippen LogP contribution in [0.1, 0.15) is 19.8 Å². The molecular weight excluding hydrogens is 222 g/mol. The number of hydrazine groups is 1. The Morgan fingerprint density at radius 2 is 2.00 bits per heavy atom. The molecule has 1 rings (SSSR count). The van der Waals surface area contributed by atoms with Gasteiger partial charge in [-0.3, -0.25) is 15.6 Å². The van der Waals surface area contributed by atoms with Crippen molar-refractivity contribution >= 4 is 28.9 Å². The van der Waals surface area contributed by atoms with Gasteiger partial charge in [0.15, 0.2) is 5.11 Å². The number of thiocarbonyl (C=S) groups is 1. The van der Waals surface area contributed by atoms with Gasteiger partial charge in [0.2, 0.25) is 5.91 Å². The summed E-state index contributed by atoms with van der Waals surface area (Å²) < 4.78 is 0. The van der Waals surface area contributed by atoms with Crippen molar-refractivity contribution in [1.29, 1.82) is 0 Å². The summed E-state index contributed by atoms with van der Waals surface area (Å²) in [6, 6.07) is 9.52. The number of nitrogens with one attached hydrogen (secondary N) is 3. The van der Waals surface area contributed by atoms with Gasteiger partial charge in [-0.05, 0) is 30.8 Å². The minimum Gasteiger partial charge on any atom is -0.302 e. The van der Waals surface area contributed by atoms with E-state index in [0.29, 0.717) is 6.42 Å². The molecular formula is C11H15N3OS. The first-order chi connectivity index (χ1) is 7.72. The van der Waals surface area contributed by atoms with Crippen LogP contribution >= 0.6 is 12.2 Å². The van der Waals surface area contributed by atoms with Crippen LogP contribution in [0.25, 0.3) is 0 Å². The van der Waals surface area contributed by atoms with Crippen molar-refractivity contribution in [3.63, 3.8) is 0 Å². The fourth-order valence-electron chi connectivity index (χ4n) is 1.10. The third-order valence-electron chi connectivity index (χ3n) is 1.82. The molecule has 0 fully saturated rings. The molecule has 0 bridgehead atoms. The maximum absolute atomic E-state index is 11.2. The highest BCUT2D eigenvalue weighted by Gasteiger charge is 2.01. The minimum absolute atomic E-state index is 0.0742. The molecule has 0 radical (unpaired) electrons. The molecule has 0 aliphatic carbocycles. The van der Waals surface area contributed by atoms with Gasteiger partial charge in [-0.15, -0.1) is 0 Å². The number of carbonyl (C=O) groups is 1. The molecule has 0 saturated carbocycles. The predicted molar refractivity (Wildman–Crippen MR) is 68.8 cm³/mol. The van der Waals surface area contributed by atoms with E-state index in [0.717, 1.165) is 12.1 Å². The summed E-state index contributed by atoms with van der Waals surface area (Å²) in [5, 5.41) is 2.85. The Hall–Kier alpha value is -1.62. The summed E-state index contributed by atoms with van der Waals surface area (Å²) >= 11 is 4.94. The second-order valence-electron chi connectivity index (χ2n) is 3.24. The second-order valence-corrected chi connectivity index (χ2v) is 3.65. The van der Waals surface area contributed by atoms with Crippen LogP contribution in [0, 0.1) is 0 Å². The van der Waals surface area contributed by atoms with Crippen LogP contribution in [0.2, 0.25) is 0 Å². The Balaban J connectivity index is 2.28. The van der Waals surface area contributed by atoms with Gasteiger partial charge in [-0.1, -0.05) is 25.1 Å². The van der Waals surface area contributed by atoms with Crippen LogP contribution in [-0.4, -0.2) is 11.0 Å². The summed E-state index contributed by atoms with van der Waals surface area (Å²) in [5.41, 5.74) is 6.51. The largest absolute Gasteiger partial charge is 0.302 e. The molecule has 0 aliphatic heterocycles. The van der Waals surface area contributed by atoms with Crippen LogP contribution in [-0.2, 0) is 4.79 Å². The third kappa shape index (κ3) is 4.75. The van der Waals surface area contributed by atoms with E-state index in [1.165, 1.54) is 0 Å². The van der Waals surface area contributed by atoms with Crippen molar-refractivity contribution in [3.8, 4) is 0 Å². The Bertz CT molecular complexity index is 354.